The SMILES string of the molecule is O=C(CCCc1ccc2ccc3cccc4ccc1c2c34)N1CCNCCNCCNCC1. The Labute approximate surface area is 195 Å². The van der Waals surface area contributed by atoms with Crippen molar-refractivity contribution in [2.24, 2.45) is 0 Å². The molecule has 0 unspecified atom stereocenters. The summed E-state index contributed by atoms with van der Waals surface area (Å²) in [6, 6.07) is 20.0. The van der Waals surface area contributed by atoms with Crippen LogP contribution >= 0.6 is 0 Å². The zero-order chi connectivity index (χ0) is 22.5. The summed E-state index contributed by atoms with van der Waals surface area (Å²) in [5.74, 6) is 0.270. The number of nitrogens with one attached hydrogen (secondary N) is 3. The lowest BCUT2D eigenvalue weighted by Gasteiger charge is -2.24. The van der Waals surface area contributed by atoms with Crippen LogP contribution < -0.4 is 16.0 Å². The molecule has 1 aliphatic rings. The van der Waals surface area contributed by atoms with Gasteiger partial charge in [0, 0.05) is 58.8 Å². The van der Waals surface area contributed by atoms with E-state index in [9.17, 15) is 4.79 Å². The van der Waals surface area contributed by atoms with E-state index in [2.05, 4.69) is 70.5 Å². The predicted octanol–water partition coefficient (Wildman–Crippen LogP) is 3.52. The maximum atomic E-state index is 13.0. The molecule has 0 aliphatic carbocycles. The molecule has 0 spiro atoms. The number of hydrogen-bond acceptors (Lipinski definition) is 4. The van der Waals surface area contributed by atoms with Crippen LogP contribution in [0.3, 0.4) is 0 Å². The second-order valence-electron chi connectivity index (χ2n) is 9.07. The van der Waals surface area contributed by atoms with Gasteiger partial charge in [-0.3, -0.25) is 4.79 Å². The molecule has 0 saturated carbocycles. The molecule has 5 rings (SSSR count). The molecule has 0 atom stereocenters. The third kappa shape index (κ3) is 4.96. The summed E-state index contributed by atoms with van der Waals surface area (Å²) in [7, 11) is 0. The van der Waals surface area contributed by atoms with Crippen molar-refractivity contribution in [2.75, 3.05) is 52.4 Å². The van der Waals surface area contributed by atoms with Gasteiger partial charge in [0.15, 0.2) is 0 Å². The van der Waals surface area contributed by atoms with E-state index in [0.29, 0.717) is 6.42 Å². The molecule has 0 radical (unpaired) electrons. The van der Waals surface area contributed by atoms with Crippen molar-refractivity contribution in [3.05, 3.63) is 60.2 Å². The van der Waals surface area contributed by atoms with Gasteiger partial charge in [0.25, 0.3) is 0 Å². The van der Waals surface area contributed by atoms with Crippen LogP contribution in [0.2, 0.25) is 0 Å². The van der Waals surface area contributed by atoms with Crippen molar-refractivity contribution in [2.45, 2.75) is 19.3 Å². The highest BCUT2D eigenvalue weighted by atomic mass is 16.2. The van der Waals surface area contributed by atoms with Gasteiger partial charge in [-0.2, -0.15) is 0 Å². The zero-order valence-corrected chi connectivity index (χ0v) is 19.3. The molecular formula is C28H34N4O. The zero-order valence-electron chi connectivity index (χ0n) is 19.3. The van der Waals surface area contributed by atoms with Crippen molar-refractivity contribution in [1.82, 2.24) is 20.9 Å². The fourth-order valence-corrected chi connectivity index (χ4v) is 5.12. The van der Waals surface area contributed by atoms with Gasteiger partial charge in [0.2, 0.25) is 5.91 Å². The van der Waals surface area contributed by atoms with Gasteiger partial charge >= 0.3 is 0 Å². The molecule has 172 valence electrons. The highest BCUT2D eigenvalue weighted by Crippen LogP contribution is 2.36. The Kier molecular flexibility index (Phi) is 7.01. The van der Waals surface area contributed by atoms with Gasteiger partial charge in [-0.25, -0.2) is 0 Å². The van der Waals surface area contributed by atoms with Gasteiger partial charge in [0.05, 0.1) is 0 Å². The van der Waals surface area contributed by atoms with E-state index in [0.717, 1.165) is 65.2 Å². The van der Waals surface area contributed by atoms with Crippen molar-refractivity contribution in [3.63, 3.8) is 0 Å². The first-order chi connectivity index (χ1) is 16.3. The van der Waals surface area contributed by atoms with Crippen LogP contribution in [0.4, 0.5) is 0 Å². The number of aryl methyl sites for hydroxylation is 1. The highest BCUT2D eigenvalue weighted by molar-refractivity contribution is 6.23. The fraction of sp³-hybridized carbons (Fsp3) is 0.393. The summed E-state index contributed by atoms with van der Waals surface area (Å²) in [6.45, 7) is 7.07. The Morgan fingerprint density at radius 2 is 1.27 bits per heavy atom. The minimum atomic E-state index is 0.270. The molecule has 4 aromatic carbocycles. The van der Waals surface area contributed by atoms with E-state index in [4.69, 9.17) is 0 Å². The quantitative estimate of drug-likeness (QED) is 0.424. The topological polar surface area (TPSA) is 56.4 Å². The molecule has 1 heterocycles. The summed E-state index contributed by atoms with van der Waals surface area (Å²) in [6.07, 6.45) is 2.41. The Bertz CT molecular complexity index is 1190. The average molecular weight is 443 g/mol. The van der Waals surface area contributed by atoms with Gasteiger partial charge in [-0.1, -0.05) is 54.6 Å². The fourth-order valence-electron chi connectivity index (χ4n) is 5.12. The lowest BCUT2D eigenvalue weighted by Crippen LogP contribution is -2.44. The molecule has 4 aromatic rings. The van der Waals surface area contributed by atoms with E-state index in [-0.39, 0.29) is 5.91 Å². The molecule has 5 nitrogen and oxygen atoms in total. The monoisotopic (exact) mass is 442 g/mol. The van der Waals surface area contributed by atoms with Crippen LogP contribution in [0.25, 0.3) is 32.3 Å². The summed E-state index contributed by atoms with van der Waals surface area (Å²) >= 11 is 0. The highest BCUT2D eigenvalue weighted by Gasteiger charge is 2.14. The lowest BCUT2D eigenvalue weighted by molar-refractivity contribution is -0.131. The summed E-state index contributed by atoms with van der Waals surface area (Å²) in [4.78, 5) is 15.0. The van der Waals surface area contributed by atoms with Crippen LogP contribution in [0.15, 0.2) is 54.6 Å². The van der Waals surface area contributed by atoms with Gasteiger partial charge in [-0.15, -0.1) is 0 Å². The van der Waals surface area contributed by atoms with Crippen LogP contribution in [-0.4, -0.2) is 63.2 Å². The Morgan fingerprint density at radius 1 is 0.697 bits per heavy atom. The smallest absolute Gasteiger partial charge is 0.222 e. The molecule has 1 saturated heterocycles. The Morgan fingerprint density at radius 3 is 1.97 bits per heavy atom. The van der Waals surface area contributed by atoms with E-state index in [1.807, 2.05) is 4.90 Å². The van der Waals surface area contributed by atoms with E-state index in [1.165, 1.54) is 37.9 Å². The van der Waals surface area contributed by atoms with E-state index in [1.54, 1.807) is 0 Å². The maximum absolute atomic E-state index is 13.0. The number of rotatable bonds is 4. The first-order valence-corrected chi connectivity index (χ1v) is 12.4. The first-order valence-electron chi connectivity index (χ1n) is 12.4. The summed E-state index contributed by atoms with van der Waals surface area (Å²) in [5, 5.41) is 18.2. The minimum absolute atomic E-state index is 0.270. The molecule has 1 amide bonds. The van der Waals surface area contributed by atoms with Crippen molar-refractivity contribution in [1.29, 1.82) is 0 Å². The van der Waals surface area contributed by atoms with Crippen molar-refractivity contribution in [3.8, 4) is 0 Å². The number of carbonyl (C=O) groups is 1. The standard InChI is InChI=1S/C28H34N4O/c33-26(32-19-17-30-15-13-29-14-16-31-18-20-32)6-2-3-21-7-8-24-10-9-22-4-1-5-23-11-12-25(21)28(24)27(22)23/h1,4-5,7-12,29-31H,2-3,6,13-20H2. The minimum Gasteiger partial charge on any atom is -0.340 e. The van der Waals surface area contributed by atoms with Gasteiger partial charge in [0.1, 0.15) is 0 Å². The molecule has 1 aliphatic heterocycles. The molecule has 0 bridgehead atoms. The second-order valence-corrected chi connectivity index (χ2v) is 9.07. The molecular weight excluding hydrogens is 408 g/mol. The largest absolute Gasteiger partial charge is 0.340 e. The van der Waals surface area contributed by atoms with Crippen molar-refractivity contribution >= 4 is 38.2 Å². The number of benzene rings is 4. The first kappa shape index (κ1) is 22.1. The van der Waals surface area contributed by atoms with Crippen LogP contribution in [0.1, 0.15) is 18.4 Å². The summed E-state index contributed by atoms with van der Waals surface area (Å²) in [5.41, 5.74) is 1.35. The third-order valence-electron chi connectivity index (χ3n) is 6.88. The van der Waals surface area contributed by atoms with E-state index < -0.39 is 0 Å². The van der Waals surface area contributed by atoms with Crippen LogP contribution in [0.5, 0.6) is 0 Å². The molecule has 33 heavy (non-hydrogen) atoms. The Balaban J connectivity index is 1.27. The lowest BCUT2D eigenvalue weighted by atomic mass is 9.90. The molecule has 3 N–H and O–H groups in total. The number of amides is 1. The average Bonchev–Trinajstić information content (AvgIpc) is 2.83. The second kappa shape index (κ2) is 10.5. The third-order valence-corrected chi connectivity index (χ3v) is 6.88. The number of hydrogen-bond donors (Lipinski definition) is 3. The molecule has 5 heteroatoms. The Hall–Kier alpha value is -2.73. The van der Waals surface area contributed by atoms with Crippen molar-refractivity contribution < 1.29 is 4.79 Å². The van der Waals surface area contributed by atoms with Crippen LogP contribution in [0, 0.1) is 0 Å². The number of nitrogens with zero attached hydrogens (tertiary/aromatic N) is 1. The van der Waals surface area contributed by atoms with Gasteiger partial charge in [-0.05, 0) is 50.7 Å². The normalized spacial score (nSPS) is 16.8. The summed E-state index contributed by atoms with van der Waals surface area (Å²) < 4.78 is 0. The predicted molar refractivity (Wildman–Crippen MR) is 138 cm³/mol. The van der Waals surface area contributed by atoms with Gasteiger partial charge < -0.3 is 20.9 Å². The number of carbonyl (C=O) groups excluding carboxylic acids is 1. The maximum Gasteiger partial charge on any atom is 0.222 e. The van der Waals surface area contributed by atoms with E-state index >= 15 is 0 Å². The van der Waals surface area contributed by atoms with Crippen LogP contribution in [-0.2, 0) is 11.2 Å². The molecule has 1 fully saturated rings. The molecule has 0 aromatic heterocycles.